The van der Waals surface area contributed by atoms with Gasteiger partial charge in [0.05, 0.1) is 9.62 Å². The fraction of sp³-hybridized carbons (Fsp3) is 0.333. The van der Waals surface area contributed by atoms with E-state index >= 15 is 0 Å². The van der Waals surface area contributed by atoms with Gasteiger partial charge in [0.25, 0.3) is 11.6 Å². The van der Waals surface area contributed by atoms with E-state index < -0.39 is 22.5 Å². The van der Waals surface area contributed by atoms with E-state index in [0.29, 0.717) is 6.54 Å². The number of likely N-dealkylation sites (N-methyl/N-ethyl adjacent to an activating group) is 1. The number of benzene rings is 2. The van der Waals surface area contributed by atoms with Gasteiger partial charge in [0, 0.05) is 36.3 Å². The van der Waals surface area contributed by atoms with Crippen LogP contribution in [0.2, 0.25) is 0 Å². The number of carbonyl (C=O) groups is 1. The molecule has 0 N–H and O–H groups in total. The van der Waals surface area contributed by atoms with Gasteiger partial charge in [0.15, 0.2) is 10.9 Å². The lowest BCUT2D eigenvalue weighted by atomic mass is 10.1. The minimum absolute atomic E-state index is 0. The van der Waals surface area contributed by atoms with Crippen LogP contribution in [-0.4, -0.2) is 46.9 Å². The van der Waals surface area contributed by atoms with E-state index in [1.54, 1.807) is 0 Å². The molecular weight excluding hydrogens is 462 g/mol. The maximum Gasteiger partial charge on any atom is 0.273 e. The predicted octanol–water partition coefficient (Wildman–Crippen LogP) is 5.20. The molecule has 3 rings (SSSR count). The normalized spacial score (nSPS) is 10.9. The second-order valence-corrected chi connectivity index (χ2v) is 7.93. The Morgan fingerprint density at radius 1 is 1.19 bits per heavy atom. The molecule has 0 saturated heterocycles. The van der Waals surface area contributed by atoms with E-state index in [1.807, 2.05) is 13.8 Å². The largest absolute Gasteiger partial charge is 0.302 e. The van der Waals surface area contributed by atoms with Gasteiger partial charge in [0.2, 0.25) is 0 Å². The minimum atomic E-state index is -0.805. The summed E-state index contributed by atoms with van der Waals surface area (Å²) in [4.78, 5) is 31.9. The lowest BCUT2D eigenvalue weighted by molar-refractivity contribution is -0.385. The highest BCUT2D eigenvalue weighted by Gasteiger charge is 2.26. The summed E-state index contributed by atoms with van der Waals surface area (Å²) in [7, 11) is 0. The number of rotatable bonds is 8. The summed E-state index contributed by atoms with van der Waals surface area (Å²) in [6.07, 6.45) is 0. The Hall–Kier alpha value is -2.69. The molecule has 0 spiro atoms. The van der Waals surface area contributed by atoms with Crippen molar-refractivity contribution in [3.8, 4) is 0 Å². The third kappa shape index (κ3) is 5.20. The molecule has 1 aromatic heterocycles. The van der Waals surface area contributed by atoms with Gasteiger partial charge >= 0.3 is 0 Å². The number of hydrogen-bond acceptors (Lipinski definition) is 6. The second kappa shape index (κ2) is 10.8. The van der Waals surface area contributed by atoms with Crippen molar-refractivity contribution in [3.63, 3.8) is 0 Å². The number of thiazole rings is 1. The zero-order valence-electron chi connectivity index (χ0n) is 17.8. The van der Waals surface area contributed by atoms with E-state index in [0.717, 1.165) is 30.5 Å². The van der Waals surface area contributed by atoms with Crippen molar-refractivity contribution in [3.05, 3.63) is 63.2 Å². The van der Waals surface area contributed by atoms with Crippen molar-refractivity contribution in [2.24, 2.45) is 0 Å². The van der Waals surface area contributed by atoms with E-state index in [9.17, 15) is 23.7 Å². The molecule has 0 fully saturated rings. The first-order valence-electron chi connectivity index (χ1n) is 9.80. The molecule has 0 aliphatic rings. The van der Waals surface area contributed by atoms with Gasteiger partial charge in [-0.05, 0) is 32.1 Å². The van der Waals surface area contributed by atoms with Gasteiger partial charge in [-0.3, -0.25) is 19.8 Å². The summed E-state index contributed by atoms with van der Waals surface area (Å²) in [5, 5.41) is 11.5. The monoisotopic (exact) mass is 484 g/mol. The van der Waals surface area contributed by atoms with Crippen LogP contribution in [0.5, 0.6) is 0 Å². The topological polar surface area (TPSA) is 79.6 Å². The third-order valence-electron chi connectivity index (χ3n) is 5.14. The van der Waals surface area contributed by atoms with Crippen LogP contribution in [0.4, 0.5) is 19.6 Å². The smallest absolute Gasteiger partial charge is 0.273 e. The number of fused-ring (bicyclic) bond motifs is 1. The molecule has 0 aliphatic heterocycles. The molecule has 0 bridgehead atoms. The van der Waals surface area contributed by atoms with Crippen LogP contribution in [-0.2, 0) is 0 Å². The molecule has 0 atom stereocenters. The minimum Gasteiger partial charge on any atom is -0.302 e. The van der Waals surface area contributed by atoms with Crippen molar-refractivity contribution >= 4 is 50.7 Å². The summed E-state index contributed by atoms with van der Waals surface area (Å²) in [6, 6.07) is 6.23. The molecular formula is C21H23ClF2N4O3S. The van der Waals surface area contributed by atoms with Crippen molar-refractivity contribution in [1.29, 1.82) is 0 Å². The zero-order valence-corrected chi connectivity index (χ0v) is 19.4. The van der Waals surface area contributed by atoms with E-state index in [2.05, 4.69) is 9.88 Å². The molecule has 32 heavy (non-hydrogen) atoms. The molecule has 0 radical (unpaired) electrons. The number of hydrogen-bond donors (Lipinski definition) is 0. The van der Waals surface area contributed by atoms with Crippen LogP contribution in [0.3, 0.4) is 0 Å². The number of anilines is 1. The highest BCUT2D eigenvalue weighted by molar-refractivity contribution is 7.22. The number of amides is 1. The number of nitrogens with zero attached hydrogens (tertiary/aromatic N) is 4. The maximum atomic E-state index is 14.2. The van der Waals surface area contributed by atoms with Crippen LogP contribution in [0, 0.1) is 28.7 Å². The fourth-order valence-corrected chi connectivity index (χ4v) is 4.35. The number of aromatic nitrogens is 1. The number of halogens is 3. The first-order chi connectivity index (χ1) is 14.8. The van der Waals surface area contributed by atoms with Crippen molar-refractivity contribution in [2.45, 2.75) is 20.8 Å². The highest BCUT2D eigenvalue weighted by atomic mass is 35.5. The first-order valence-corrected chi connectivity index (χ1v) is 10.6. The lowest BCUT2D eigenvalue weighted by Gasteiger charge is -2.25. The summed E-state index contributed by atoms with van der Waals surface area (Å²) in [5.74, 6) is -2.01. The highest BCUT2D eigenvalue weighted by Crippen LogP contribution is 2.33. The van der Waals surface area contributed by atoms with Crippen LogP contribution in [0.25, 0.3) is 10.2 Å². The molecule has 172 valence electrons. The average Bonchev–Trinajstić information content (AvgIpc) is 3.14. The van der Waals surface area contributed by atoms with Crippen molar-refractivity contribution in [2.75, 3.05) is 31.1 Å². The Labute approximate surface area is 194 Å². The lowest BCUT2D eigenvalue weighted by Crippen LogP contribution is -2.39. The number of nitro groups is 1. The molecule has 11 heteroatoms. The quantitative estimate of drug-likeness (QED) is 0.324. The molecule has 0 saturated carbocycles. The number of nitro benzene ring substituents is 1. The maximum absolute atomic E-state index is 14.2. The third-order valence-corrected chi connectivity index (χ3v) is 6.17. The fourth-order valence-electron chi connectivity index (χ4n) is 3.32. The van der Waals surface area contributed by atoms with Crippen LogP contribution < -0.4 is 4.90 Å². The van der Waals surface area contributed by atoms with E-state index in [1.165, 1.54) is 36.1 Å². The molecule has 2 aromatic carbocycles. The molecule has 1 heterocycles. The molecule has 7 nitrogen and oxygen atoms in total. The molecule has 1 amide bonds. The van der Waals surface area contributed by atoms with E-state index in [-0.39, 0.29) is 51.1 Å². The summed E-state index contributed by atoms with van der Waals surface area (Å²) >= 11 is 1.00. The van der Waals surface area contributed by atoms with Gasteiger partial charge in [-0.1, -0.05) is 31.3 Å². The SMILES string of the molecule is CCN(CC)CCN(C(=O)c1cccc([N+](=O)[O-])c1C)c1nc2c(F)cc(F)cc2s1.Cl. The van der Waals surface area contributed by atoms with Crippen molar-refractivity contribution in [1.82, 2.24) is 9.88 Å². The molecule has 3 aromatic rings. The summed E-state index contributed by atoms with van der Waals surface area (Å²) in [6.45, 7) is 7.82. The molecule has 0 aliphatic carbocycles. The second-order valence-electron chi connectivity index (χ2n) is 6.92. The standard InChI is InChI=1S/C21H22F2N4O3S.ClH/c1-4-25(5-2)9-10-26(20(28)15-7-6-8-17(13(15)3)27(29)30)21-24-19-16(23)11-14(22)12-18(19)31-21;/h6-8,11-12H,4-5,9-10H2,1-3H3;1H. The van der Waals surface area contributed by atoms with Gasteiger partial charge in [-0.15, -0.1) is 12.4 Å². The van der Waals surface area contributed by atoms with Gasteiger partial charge in [-0.2, -0.15) is 0 Å². The van der Waals surface area contributed by atoms with E-state index in [4.69, 9.17) is 0 Å². The summed E-state index contributed by atoms with van der Waals surface area (Å²) < 4.78 is 28.1. The van der Waals surface area contributed by atoms with Crippen LogP contribution in [0.1, 0.15) is 29.8 Å². The summed E-state index contributed by atoms with van der Waals surface area (Å²) in [5.41, 5.74) is 0.230. The average molecular weight is 485 g/mol. The predicted molar refractivity (Wildman–Crippen MR) is 124 cm³/mol. The van der Waals surface area contributed by atoms with Crippen molar-refractivity contribution < 1.29 is 18.5 Å². The first kappa shape index (κ1) is 25.6. The molecule has 0 unspecified atom stereocenters. The Balaban J connectivity index is 0.00000363. The Bertz CT molecular complexity index is 1140. The number of carbonyl (C=O) groups excluding carboxylic acids is 1. The van der Waals surface area contributed by atoms with Gasteiger partial charge in [-0.25, -0.2) is 13.8 Å². The Kier molecular flexibility index (Phi) is 8.59. The van der Waals surface area contributed by atoms with Gasteiger partial charge in [0.1, 0.15) is 11.3 Å². The van der Waals surface area contributed by atoms with Gasteiger partial charge < -0.3 is 4.90 Å². The van der Waals surface area contributed by atoms with Crippen LogP contribution >= 0.6 is 23.7 Å². The van der Waals surface area contributed by atoms with Crippen LogP contribution in [0.15, 0.2) is 30.3 Å². The zero-order chi connectivity index (χ0) is 22.7. The Morgan fingerprint density at radius 2 is 1.88 bits per heavy atom. The Morgan fingerprint density at radius 3 is 2.50 bits per heavy atom.